The van der Waals surface area contributed by atoms with Crippen LogP contribution < -0.4 is 0 Å². The lowest BCUT2D eigenvalue weighted by molar-refractivity contribution is 0.0469. The Labute approximate surface area is 68.8 Å². The van der Waals surface area contributed by atoms with Crippen LogP contribution in [0.5, 0.6) is 0 Å². The third-order valence-electron chi connectivity index (χ3n) is 2.15. The van der Waals surface area contributed by atoms with Crippen LogP contribution in [0.1, 0.15) is 40.0 Å². The molecule has 0 saturated heterocycles. The molecule has 0 amide bonds. The summed E-state index contributed by atoms with van der Waals surface area (Å²) in [6, 6.07) is 1.93. The van der Waals surface area contributed by atoms with Gasteiger partial charge in [-0.1, -0.05) is 20.3 Å². The molecule has 0 aromatic carbocycles. The molecule has 2 heteroatoms. The minimum absolute atomic E-state index is 0.123. The Bertz CT molecular complexity index is 146. The maximum Gasteiger partial charge on any atom is 0.151 e. The summed E-state index contributed by atoms with van der Waals surface area (Å²) < 4.78 is 0. The number of nitrogens with zero attached hydrogens (tertiary/aromatic N) is 1. The molecule has 0 fully saturated rings. The topological polar surface area (TPSA) is 44.0 Å². The summed E-state index contributed by atoms with van der Waals surface area (Å²) in [6.45, 7) is 5.67. The second-order valence-electron chi connectivity index (χ2n) is 3.15. The molecule has 0 bridgehead atoms. The summed E-state index contributed by atoms with van der Waals surface area (Å²) in [5, 5.41) is 18.2. The second-order valence-corrected chi connectivity index (χ2v) is 3.15. The van der Waals surface area contributed by atoms with Crippen molar-refractivity contribution in [3.63, 3.8) is 0 Å². The van der Waals surface area contributed by atoms with Crippen molar-refractivity contribution in [1.29, 1.82) is 5.26 Å². The van der Waals surface area contributed by atoms with Crippen LogP contribution in [0.15, 0.2) is 0 Å². The van der Waals surface area contributed by atoms with Gasteiger partial charge in [-0.2, -0.15) is 5.26 Å². The summed E-state index contributed by atoms with van der Waals surface area (Å²) in [5.74, 6) is 0.123. The van der Waals surface area contributed by atoms with Crippen LogP contribution in [0.3, 0.4) is 0 Å². The van der Waals surface area contributed by atoms with Gasteiger partial charge in [0.15, 0.2) is 5.60 Å². The molecule has 2 nitrogen and oxygen atoms in total. The molecule has 0 aliphatic rings. The monoisotopic (exact) mass is 155 g/mol. The summed E-state index contributed by atoms with van der Waals surface area (Å²) in [7, 11) is 0. The van der Waals surface area contributed by atoms with Gasteiger partial charge >= 0.3 is 0 Å². The molecule has 11 heavy (non-hydrogen) atoms. The van der Waals surface area contributed by atoms with E-state index in [1.807, 2.05) is 13.0 Å². The van der Waals surface area contributed by atoms with Crippen molar-refractivity contribution in [1.82, 2.24) is 0 Å². The van der Waals surface area contributed by atoms with Crippen molar-refractivity contribution in [2.75, 3.05) is 0 Å². The maximum atomic E-state index is 9.55. The number of aliphatic hydroxyl groups is 1. The molecule has 2 unspecified atom stereocenters. The highest BCUT2D eigenvalue weighted by molar-refractivity contribution is 5.00. The van der Waals surface area contributed by atoms with E-state index in [0.29, 0.717) is 0 Å². The van der Waals surface area contributed by atoms with Crippen LogP contribution in [0.2, 0.25) is 0 Å². The quantitative estimate of drug-likeness (QED) is 0.632. The van der Waals surface area contributed by atoms with Gasteiger partial charge in [0, 0.05) is 5.92 Å². The van der Waals surface area contributed by atoms with Crippen molar-refractivity contribution in [2.24, 2.45) is 5.92 Å². The van der Waals surface area contributed by atoms with Gasteiger partial charge in [0.2, 0.25) is 0 Å². The highest BCUT2D eigenvalue weighted by Crippen LogP contribution is 2.24. The zero-order valence-electron chi connectivity index (χ0n) is 7.59. The SMILES string of the molecule is CCCC(CC)C(C)(O)C#N. The van der Waals surface area contributed by atoms with Crippen LogP contribution in [0.25, 0.3) is 0 Å². The van der Waals surface area contributed by atoms with E-state index in [2.05, 4.69) is 6.92 Å². The minimum Gasteiger partial charge on any atom is -0.375 e. The number of rotatable bonds is 4. The third kappa shape index (κ3) is 2.90. The van der Waals surface area contributed by atoms with Crippen molar-refractivity contribution in [2.45, 2.75) is 45.6 Å². The molecule has 0 aliphatic heterocycles. The van der Waals surface area contributed by atoms with Gasteiger partial charge in [0.05, 0.1) is 6.07 Å². The standard InChI is InChI=1S/C9H17NO/c1-4-6-8(5-2)9(3,11)7-10/h8,11H,4-6H2,1-3H3. The number of nitriles is 1. The van der Waals surface area contributed by atoms with Gasteiger partial charge in [-0.3, -0.25) is 0 Å². The number of hydrogen-bond donors (Lipinski definition) is 1. The molecule has 0 heterocycles. The van der Waals surface area contributed by atoms with E-state index >= 15 is 0 Å². The van der Waals surface area contributed by atoms with Gasteiger partial charge in [-0.15, -0.1) is 0 Å². The van der Waals surface area contributed by atoms with E-state index in [0.717, 1.165) is 19.3 Å². The summed E-state index contributed by atoms with van der Waals surface area (Å²) in [5.41, 5.74) is -1.13. The zero-order chi connectivity index (χ0) is 8.91. The maximum absolute atomic E-state index is 9.55. The summed E-state index contributed by atoms with van der Waals surface area (Å²) >= 11 is 0. The fourth-order valence-corrected chi connectivity index (χ4v) is 1.32. The Morgan fingerprint density at radius 1 is 1.55 bits per heavy atom. The molecule has 0 aromatic rings. The Kier molecular flexibility index (Phi) is 4.14. The lowest BCUT2D eigenvalue weighted by Crippen LogP contribution is -2.32. The predicted molar refractivity (Wildman–Crippen MR) is 44.9 cm³/mol. The van der Waals surface area contributed by atoms with Crippen LogP contribution in [0.4, 0.5) is 0 Å². The lowest BCUT2D eigenvalue weighted by Gasteiger charge is -2.24. The lowest BCUT2D eigenvalue weighted by atomic mass is 9.85. The molecule has 0 spiro atoms. The Morgan fingerprint density at radius 3 is 2.36 bits per heavy atom. The van der Waals surface area contributed by atoms with Gasteiger partial charge in [0.25, 0.3) is 0 Å². The van der Waals surface area contributed by atoms with E-state index in [-0.39, 0.29) is 5.92 Å². The Morgan fingerprint density at radius 2 is 2.09 bits per heavy atom. The van der Waals surface area contributed by atoms with E-state index in [9.17, 15) is 5.11 Å². The Hall–Kier alpha value is -0.550. The minimum atomic E-state index is -1.13. The molecule has 1 N–H and O–H groups in total. The van der Waals surface area contributed by atoms with Crippen LogP contribution in [0, 0.1) is 17.2 Å². The van der Waals surface area contributed by atoms with E-state index < -0.39 is 5.60 Å². The first-order chi connectivity index (χ1) is 5.08. The molecule has 0 radical (unpaired) electrons. The average Bonchev–Trinajstić information content (AvgIpc) is 2.00. The van der Waals surface area contributed by atoms with Gasteiger partial charge in [0.1, 0.15) is 0 Å². The number of hydrogen-bond acceptors (Lipinski definition) is 2. The summed E-state index contributed by atoms with van der Waals surface area (Å²) in [6.07, 6.45) is 2.82. The van der Waals surface area contributed by atoms with Gasteiger partial charge < -0.3 is 5.11 Å². The predicted octanol–water partition coefficient (Wildman–Crippen LogP) is 2.09. The van der Waals surface area contributed by atoms with Gasteiger partial charge in [-0.05, 0) is 19.8 Å². The van der Waals surface area contributed by atoms with Crippen molar-refractivity contribution in [3.8, 4) is 6.07 Å². The molecule has 0 saturated carbocycles. The average molecular weight is 155 g/mol. The summed E-state index contributed by atoms with van der Waals surface area (Å²) in [4.78, 5) is 0. The van der Waals surface area contributed by atoms with Crippen molar-refractivity contribution in [3.05, 3.63) is 0 Å². The molecule has 0 aromatic heterocycles. The first kappa shape index (κ1) is 10.4. The van der Waals surface area contributed by atoms with Crippen LogP contribution in [-0.4, -0.2) is 10.7 Å². The van der Waals surface area contributed by atoms with Crippen molar-refractivity contribution < 1.29 is 5.11 Å². The largest absolute Gasteiger partial charge is 0.375 e. The fraction of sp³-hybridized carbons (Fsp3) is 0.889. The van der Waals surface area contributed by atoms with Gasteiger partial charge in [-0.25, -0.2) is 0 Å². The first-order valence-corrected chi connectivity index (χ1v) is 4.22. The highest BCUT2D eigenvalue weighted by Gasteiger charge is 2.29. The van der Waals surface area contributed by atoms with Crippen LogP contribution >= 0.6 is 0 Å². The fourth-order valence-electron chi connectivity index (χ4n) is 1.32. The van der Waals surface area contributed by atoms with Crippen molar-refractivity contribution >= 4 is 0 Å². The van der Waals surface area contributed by atoms with Crippen LogP contribution in [-0.2, 0) is 0 Å². The molecular formula is C9H17NO. The second kappa shape index (κ2) is 4.35. The molecular weight excluding hydrogens is 138 g/mol. The first-order valence-electron chi connectivity index (χ1n) is 4.22. The molecule has 64 valence electrons. The zero-order valence-corrected chi connectivity index (χ0v) is 7.59. The normalized spacial score (nSPS) is 18.5. The molecule has 0 aliphatic carbocycles. The molecule has 0 rings (SSSR count). The smallest absolute Gasteiger partial charge is 0.151 e. The Balaban J connectivity index is 4.14. The highest BCUT2D eigenvalue weighted by atomic mass is 16.3. The third-order valence-corrected chi connectivity index (χ3v) is 2.15. The molecule has 2 atom stereocenters. The van der Waals surface area contributed by atoms with E-state index in [4.69, 9.17) is 5.26 Å². The van der Waals surface area contributed by atoms with E-state index in [1.54, 1.807) is 6.92 Å². The van der Waals surface area contributed by atoms with E-state index in [1.165, 1.54) is 0 Å².